The molecule has 0 aromatic heterocycles. The van der Waals surface area contributed by atoms with Gasteiger partial charge in [-0.1, -0.05) is 39.8 Å². The zero-order valence-electron chi connectivity index (χ0n) is 15.1. The minimum Gasteiger partial charge on any atom is -0.165 e. The minimum atomic E-state index is 0. The van der Waals surface area contributed by atoms with E-state index in [0.29, 0.717) is 0 Å². The molecule has 0 N–H and O–H groups in total. The number of fused-ring (bicyclic) bond motifs is 2. The van der Waals surface area contributed by atoms with E-state index in [1.165, 1.54) is 43.8 Å². The van der Waals surface area contributed by atoms with Crippen molar-refractivity contribution < 1.29 is 26.2 Å². The molecule has 4 aromatic rings. The van der Waals surface area contributed by atoms with E-state index in [0.717, 1.165) is 0 Å². The normalized spacial score (nSPS) is 9.44. The molecule has 130 valence electrons. The summed E-state index contributed by atoms with van der Waals surface area (Å²) in [5, 5.41) is 5.51. The van der Waals surface area contributed by atoms with E-state index in [-0.39, 0.29) is 51.0 Å². The maximum atomic E-state index is 2.24. The summed E-state index contributed by atoms with van der Waals surface area (Å²) in [6.45, 7) is 8.68. The summed E-state index contributed by atoms with van der Waals surface area (Å²) in [5.41, 5.74) is 5.62. The number of aryl methyl sites for hydroxylation is 4. The van der Waals surface area contributed by atoms with E-state index < -0.39 is 0 Å². The topological polar surface area (TPSA) is 0 Å². The Balaban J connectivity index is 0.000000411. The van der Waals surface area contributed by atoms with Crippen molar-refractivity contribution in [2.24, 2.45) is 0 Å². The second kappa shape index (κ2) is 10.3. The molecule has 0 bridgehead atoms. The summed E-state index contributed by atoms with van der Waals surface area (Å²) in [7, 11) is 0. The zero-order valence-corrected chi connectivity index (χ0v) is 19.2. The Kier molecular flexibility index (Phi) is 9.95. The average Bonchev–Trinajstić information content (AvgIpc) is 2.98. The summed E-state index contributed by atoms with van der Waals surface area (Å²) in [6, 6.07) is 21.5. The number of halogens is 2. The van der Waals surface area contributed by atoms with Crippen LogP contribution in [0.2, 0.25) is 0 Å². The molecule has 0 unspecified atom stereocenters. The molecule has 3 heteroatoms. The van der Waals surface area contributed by atoms with Gasteiger partial charge in [0.15, 0.2) is 0 Å². The smallest absolute Gasteiger partial charge is 0.165 e. The van der Waals surface area contributed by atoms with E-state index in [9.17, 15) is 0 Å². The molecule has 0 aliphatic rings. The Hall–Kier alpha value is -0.877. The van der Waals surface area contributed by atoms with Gasteiger partial charge in [0.05, 0.1) is 0 Å². The van der Waals surface area contributed by atoms with Gasteiger partial charge in [0.1, 0.15) is 0 Å². The molecule has 0 nitrogen and oxygen atoms in total. The van der Waals surface area contributed by atoms with Crippen LogP contribution in [0, 0.1) is 27.7 Å². The van der Waals surface area contributed by atoms with Gasteiger partial charge < -0.3 is 0 Å². The minimum absolute atomic E-state index is 0. The van der Waals surface area contributed by atoms with Gasteiger partial charge in [0.2, 0.25) is 0 Å². The van der Waals surface area contributed by atoms with Gasteiger partial charge in [-0.2, -0.15) is 12.1 Å². The summed E-state index contributed by atoms with van der Waals surface area (Å²) >= 11 is 0. The Labute approximate surface area is 182 Å². The van der Waals surface area contributed by atoms with E-state index in [1.807, 2.05) is 0 Å². The standard InChI is InChI=1S/2C11H11.2ClH.Zr/c2*1-8-7-10-5-3-4-6-11(10)9(8)2;;;/h2*3-7H,1-2H3;2*1H;/q2*-1;;;+2. The number of hydrogen-bond donors (Lipinski definition) is 0. The van der Waals surface area contributed by atoms with Crippen molar-refractivity contribution in [3.8, 4) is 0 Å². The molecule has 0 spiro atoms. The van der Waals surface area contributed by atoms with Crippen molar-refractivity contribution in [1.29, 1.82) is 0 Å². The third-order valence-electron chi connectivity index (χ3n) is 4.66. The first-order valence-corrected chi connectivity index (χ1v) is 7.81. The third-order valence-corrected chi connectivity index (χ3v) is 4.66. The maximum absolute atomic E-state index is 2.24. The summed E-state index contributed by atoms with van der Waals surface area (Å²) < 4.78 is 0. The van der Waals surface area contributed by atoms with Crippen LogP contribution in [0.25, 0.3) is 21.5 Å². The van der Waals surface area contributed by atoms with Gasteiger partial charge in [-0.15, -0.1) is 105 Å². The van der Waals surface area contributed by atoms with Crippen molar-refractivity contribution in [2.75, 3.05) is 0 Å². The fourth-order valence-electron chi connectivity index (χ4n) is 3.04. The van der Waals surface area contributed by atoms with Crippen molar-refractivity contribution in [3.63, 3.8) is 0 Å². The molecule has 0 saturated heterocycles. The summed E-state index contributed by atoms with van der Waals surface area (Å²) in [5.74, 6) is 0. The maximum Gasteiger partial charge on any atom is 2.00 e. The van der Waals surface area contributed by atoms with Crippen LogP contribution in [0.15, 0.2) is 60.7 Å². The van der Waals surface area contributed by atoms with E-state index in [2.05, 4.69) is 88.4 Å². The first-order chi connectivity index (χ1) is 10.6. The summed E-state index contributed by atoms with van der Waals surface area (Å²) in [4.78, 5) is 0. The predicted octanol–water partition coefficient (Wildman–Crippen LogP) is 7.19. The number of hydrogen-bond acceptors (Lipinski definition) is 0. The monoisotopic (exact) mass is 448 g/mol. The molecule has 25 heavy (non-hydrogen) atoms. The molecule has 0 aliphatic carbocycles. The second-order valence-corrected chi connectivity index (χ2v) is 6.08. The quantitative estimate of drug-likeness (QED) is 0.249. The van der Waals surface area contributed by atoms with Crippen LogP contribution in [-0.4, -0.2) is 0 Å². The van der Waals surface area contributed by atoms with E-state index >= 15 is 0 Å². The van der Waals surface area contributed by atoms with Gasteiger partial charge in [-0.25, -0.2) is 0 Å². The SMILES string of the molecule is Cc1cc2ccccc2[c-]1C.Cc1cc2ccccc2[c-]1C.Cl.Cl.[Zr+2]. The number of rotatable bonds is 0. The van der Waals surface area contributed by atoms with Gasteiger partial charge >= 0.3 is 26.2 Å². The molecule has 4 aromatic carbocycles. The first-order valence-electron chi connectivity index (χ1n) is 7.81. The van der Waals surface area contributed by atoms with Crippen LogP contribution in [0.4, 0.5) is 0 Å². The summed E-state index contributed by atoms with van der Waals surface area (Å²) in [6.07, 6.45) is 0. The van der Waals surface area contributed by atoms with Crippen molar-refractivity contribution in [3.05, 3.63) is 82.9 Å². The van der Waals surface area contributed by atoms with Crippen LogP contribution < -0.4 is 0 Å². The van der Waals surface area contributed by atoms with Crippen LogP contribution in [0.3, 0.4) is 0 Å². The third kappa shape index (κ3) is 5.07. The largest absolute Gasteiger partial charge is 2.00 e. The van der Waals surface area contributed by atoms with Gasteiger partial charge in [-0.05, 0) is 0 Å². The van der Waals surface area contributed by atoms with Gasteiger partial charge in [0, 0.05) is 0 Å². The van der Waals surface area contributed by atoms with Crippen LogP contribution in [0.1, 0.15) is 22.3 Å². The molecular weight excluding hydrogens is 426 g/mol. The molecule has 4 rings (SSSR count). The molecule has 0 heterocycles. The fraction of sp³-hybridized carbons (Fsp3) is 0.182. The van der Waals surface area contributed by atoms with Crippen molar-refractivity contribution in [2.45, 2.75) is 27.7 Å². The Bertz CT molecular complexity index is 854. The zero-order chi connectivity index (χ0) is 15.7. The van der Waals surface area contributed by atoms with Crippen LogP contribution >= 0.6 is 24.8 Å². The second-order valence-electron chi connectivity index (χ2n) is 6.08. The van der Waals surface area contributed by atoms with Gasteiger partial charge in [0.25, 0.3) is 0 Å². The number of benzene rings is 2. The molecular formula is C22H24Cl2Zr. The molecule has 0 saturated carbocycles. The van der Waals surface area contributed by atoms with Gasteiger partial charge in [-0.3, -0.25) is 0 Å². The molecule has 0 radical (unpaired) electrons. The van der Waals surface area contributed by atoms with E-state index in [4.69, 9.17) is 0 Å². The van der Waals surface area contributed by atoms with Crippen LogP contribution in [-0.2, 0) is 26.2 Å². The average molecular weight is 451 g/mol. The molecule has 0 amide bonds. The first kappa shape index (κ1) is 24.1. The Morgan fingerprint density at radius 3 is 1.24 bits per heavy atom. The van der Waals surface area contributed by atoms with Crippen molar-refractivity contribution in [1.82, 2.24) is 0 Å². The van der Waals surface area contributed by atoms with E-state index in [1.54, 1.807) is 0 Å². The molecule has 0 aliphatic heterocycles. The fourth-order valence-corrected chi connectivity index (χ4v) is 3.04. The Morgan fingerprint density at radius 2 is 0.920 bits per heavy atom. The predicted molar refractivity (Wildman–Crippen MR) is 113 cm³/mol. The molecule has 0 fully saturated rings. The van der Waals surface area contributed by atoms with Crippen LogP contribution in [0.5, 0.6) is 0 Å². The Morgan fingerprint density at radius 1 is 0.600 bits per heavy atom. The molecule has 0 atom stereocenters. The van der Waals surface area contributed by atoms with Crippen molar-refractivity contribution >= 4 is 46.4 Å².